The molecule has 0 radical (unpaired) electrons. The van der Waals surface area contributed by atoms with E-state index in [1.807, 2.05) is 18.0 Å². The average molecular weight is 440 g/mol. The standard InChI is InChI=1S/C23H29N5O4/c1-15(29)27(3)14-18-13-21(24-2)26-22(25-18)16-6-8-28(9-7-16)23(30)17-4-5-19-20(12-17)32-11-10-31-19/h4-5,12-13,16H,6-11,14H2,1-3H3,(H,24,25,26). The van der Waals surface area contributed by atoms with Gasteiger partial charge in [0.25, 0.3) is 5.91 Å². The number of aromatic nitrogens is 2. The highest BCUT2D eigenvalue weighted by molar-refractivity contribution is 5.95. The summed E-state index contributed by atoms with van der Waals surface area (Å²) in [4.78, 5) is 37.5. The van der Waals surface area contributed by atoms with Crippen LogP contribution >= 0.6 is 0 Å². The van der Waals surface area contributed by atoms with Crippen molar-refractivity contribution in [2.24, 2.45) is 0 Å². The van der Waals surface area contributed by atoms with E-state index in [0.717, 1.165) is 30.2 Å². The number of hydrogen-bond donors (Lipinski definition) is 1. The molecular weight excluding hydrogens is 410 g/mol. The Bertz CT molecular complexity index is 1000. The topological polar surface area (TPSA) is 96.9 Å². The van der Waals surface area contributed by atoms with Gasteiger partial charge in [0.1, 0.15) is 24.9 Å². The minimum absolute atomic E-state index is 0.00547. The first-order valence-electron chi connectivity index (χ1n) is 10.9. The van der Waals surface area contributed by atoms with E-state index < -0.39 is 0 Å². The Balaban J connectivity index is 1.43. The van der Waals surface area contributed by atoms with Crippen LogP contribution in [0.4, 0.5) is 5.82 Å². The molecule has 1 saturated heterocycles. The molecule has 0 aliphatic carbocycles. The van der Waals surface area contributed by atoms with Crippen molar-refractivity contribution in [3.05, 3.63) is 41.3 Å². The number of hydrogen-bond acceptors (Lipinski definition) is 7. The van der Waals surface area contributed by atoms with Crippen LogP contribution in [0, 0.1) is 0 Å². The van der Waals surface area contributed by atoms with Gasteiger partial charge in [-0.25, -0.2) is 9.97 Å². The molecule has 2 aromatic rings. The Hall–Kier alpha value is -3.36. The van der Waals surface area contributed by atoms with Crippen molar-refractivity contribution in [1.82, 2.24) is 19.8 Å². The van der Waals surface area contributed by atoms with E-state index in [0.29, 0.717) is 49.9 Å². The van der Waals surface area contributed by atoms with Gasteiger partial charge in [0.2, 0.25) is 5.91 Å². The SMILES string of the molecule is CNc1cc(CN(C)C(C)=O)nc(C2CCN(C(=O)c3ccc4c(c3)OCCO4)CC2)n1. The van der Waals surface area contributed by atoms with Crippen molar-refractivity contribution >= 4 is 17.6 Å². The first-order chi connectivity index (χ1) is 15.4. The van der Waals surface area contributed by atoms with Crippen molar-refractivity contribution in [2.75, 3.05) is 45.7 Å². The Morgan fingerprint density at radius 2 is 1.84 bits per heavy atom. The number of nitrogens with one attached hydrogen (secondary N) is 1. The number of rotatable bonds is 5. The van der Waals surface area contributed by atoms with Crippen LogP contribution in [0.25, 0.3) is 0 Å². The Morgan fingerprint density at radius 1 is 1.12 bits per heavy atom. The number of nitrogens with zero attached hydrogens (tertiary/aromatic N) is 4. The van der Waals surface area contributed by atoms with Gasteiger partial charge in [-0.3, -0.25) is 9.59 Å². The normalized spacial score (nSPS) is 15.9. The van der Waals surface area contributed by atoms with Crippen LogP contribution in [0.15, 0.2) is 24.3 Å². The van der Waals surface area contributed by atoms with Crippen molar-refractivity contribution in [3.63, 3.8) is 0 Å². The van der Waals surface area contributed by atoms with Gasteiger partial charge >= 0.3 is 0 Å². The summed E-state index contributed by atoms with van der Waals surface area (Å²) in [6.45, 7) is 4.25. The highest BCUT2D eigenvalue weighted by Crippen LogP contribution is 2.32. The van der Waals surface area contributed by atoms with Gasteiger partial charge in [0.15, 0.2) is 11.5 Å². The predicted molar refractivity (Wildman–Crippen MR) is 119 cm³/mol. The molecular formula is C23H29N5O4. The van der Waals surface area contributed by atoms with E-state index in [2.05, 4.69) is 10.3 Å². The third-order valence-electron chi connectivity index (χ3n) is 5.93. The van der Waals surface area contributed by atoms with Gasteiger partial charge in [-0.05, 0) is 31.0 Å². The fraction of sp³-hybridized carbons (Fsp3) is 0.478. The number of ether oxygens (including phenoxy) is 2. The van der Waals surface area contributed by atoms with Gasteiger partial charge in [-0.2, -0.15) is 0 Å². The summed E-state index contributed by atoms with van der Waals surface area (Å²) in [5, 5.41) is 3.08. The molecule has 1 fully saturated rings. The Kier molecular flexibility index (Phi) is 6.43. The van der Waals surface area contributed by atoms with E-state index in [-0.39, 0.29) is 17.7 Å². The summed E-state index contributed by atoms with van der Waals surface area (Å²) in [6, 6.07) is 7.22. The van der Waals surface area contributed by atoms with Crippen LogP contribution in [-0.2, 0) is 11.3 Å². The summed E-state index contributed by atoms with van der Waals surface area (Å²) in [6.07, 6.45) is 1.57. The molecule has 0 saturated carbocycles. The zero-order valence-electron chi connectivity index (χ0n) is 18.8. The van der Waals surface area contributed by atoms with E-state index >= 15 is 0 Å². The van der Waals surface area contributed by atoms with Gasteiger partial charge in [0, 0.05) is 51.7 Å². The number of likely N-dealkylation sites (tertiary alicyclic amines) is 1. The van der Waals surface area contributed by atoms with E-state index in [1.165, 1.54) is 6.92 Å². The highest BCUT2D eigenvalue weighted by Gasteiger charge is 2.27. The molecule has 0 atom stereocenters. The maximum Gasteiger partial charge on any atom is 0.253 e. The minimum Gasteiger partial charge on any atom is -0.486 e. The van der Waals surface area contributed by atoms with Crippen LogP contribution < -0.4 is 14.8 Å². The third kappa shape index (κ3) is 4.76. The lowest BCUT2D eigenvalue weighted by atomic mass is 9.95. The third-order valence-corrected chi connectivity index (χ3v) is 5.93. The Labute approximate surface area is 187 Å². The fourth-order valence-electron chi connectivity index (χ4n) is 3.96. The van der Waals surface area contributed by atoms with E-state index in [1.54, 1.807) is 30.1 Å². The van der Waals surface area contributed by atoms with Crippen LogP contribution in [0.5, 0.6) is 11.5 Å². The first kappa shape index (κ1) is 21.9. The molecule has 1 N–H and O–H groups in total. The minimum atomic E-state index is -0.0119. The van der Waals surface area contributed by atoms with E-state index in [4.69, 9.17) is 14.5 Å². The van der Waals surface area contributed by atoms with Crippen LogP contribution in [0.2, 0.25) is 0 Å². The molecule has 4 rings (SSSR count). The van der Waals surface area contributed by atoms with Gasteiger partial charge in [-0.1, -0.05) is 0 Å². The Morgan fingerprint density at radius 3 is 2.53 bits per heavy atom. The quantitative estimate of drug-likeness (QED) is 0.763. The molecule has 0 unspecified atom stereocenters. The smallest absolute Gasteiger partial charge is 0.253 e. The second-order valence-electron chi connectivity index (χ2n) is 8.15. The van der Waals surface area contributed by atoms with Crippen molar-refractivity contribution < 1.29 is 19.1 Å². The number of carbonyl (C=O) groups is 2. The fourth-order valence-corrected chi connectivity index (χ4v) is 3.96. The lowest BCUT2D eigenvalue weighted by Gasteiger charge is -2.32. The number of anilines is 1. The average Bonchev–Trinajstić information content (AvgIpc) is 2.83. The van der Waals surface area contributed by atoms with Crippen molar-refractivity contribution in [2.45, 2.75) is 32.2 Å². The van der Waals surface area contributed by atoms with Gasteiger partial charge in [-0.15, -0.1) is 0 Å². The van der Waals surface area contributed by atoms with Crippen molar-refractivity contribution in [3.8, 4) is 11.5 Å². The molecule has 170 valence electrons. The second kappa shape index (κ2) is 9.42. The highest BCUT2D eigenvalue weighted by atomic mass is 16.6. The summed E-state index contributed by atoms with van der Waals surface area (Å²) in [5.41, 5.74) is 1.41. The maximum absolute atomic E-state index is 13.0. The molecule has 9 nitrogen and oxygen atoms in total. The van der Waals surface area contributed by atoms with Crippen LogP contribution in [0.3, 0.4) is 0 Å². The summed E-state index contributed by atoms with van der Waals surface area (Å²) >= 11 is 0. The number of amides is 2. The van der Waals surface area contributed by atoms with Gasteiger partial charge in [0.05, 0.1) is 12.2 Å². The number of benzene rings is 1. The monoisotopic (exact) mass is 439 g/mol. The largest absolute Gasteiger partial charge is 0.486 e. The van der Waals surface area contributed by atoms with Crippen LogP contribution in [-0.4, -0.2) is 72.0 Å². The zero-order valence-corrected chi connectivity index (χ0v) is 18.8. The number of fused-ring (bicyclic) bond motifs is 1. The number of piperidine rings is 1. The molecule has 1 aromatic carbocycles. The maximum atomic E-state index is 13.0. The number of carbonyl (C=O) groups excluding carboxylic acids is 2. The molecule has 3 heterocycles. The summed E-state index contributed by atoms with van der Waals surface area (Å²) in [5.74, 6) is 2.94. The summed E-state index contributed by atoms with van der Waals surface area (Å²) < 4.78 is 11.2. The molecule has 2 aliphatic heterocycles. The van der Waals surface area contributed by atoms with Gasteiger partial charge < -0.3 is 24.6 Å². The zero-order chi connectivity index (χ0) is 22.7. The van der Waals surface area contributed by atoms with Crippen LogP contribution in [0.1, 0.15) is 47.6 Å². The molecule has 2 aliphatic rings. The summed E-state index contributed by atoms with van der Waals surface area (Å²) in [7, 11) is 3.57. The van der Waals surface area contributed by atoms with Crippen molar-refractivity contribution in [1.29, 1.82) is 0 Å². The molecule has 9 heteroatoms. The lowest BCUT2D eigenvalue weighted by Crippen LogP contribution is -2.38. The molecule has 2 amide bonds. The second-order valence-corrected chi connectivity index (χ2v) is 8.15. The van der Waals surface area contributed by atoms with E-state index in [9.17, 15) is 9.59 Å². The molecule has 0 spiro atoms. The molecule has 0 bridgehead atoms. The first-order valence-corrected chi connectivity index (χ1v) is 10.9. The lowest BCUT2D eigenvalue weighted by molar-refractivity contribution is -0.128. The molecule has 1 aromatic heterocycles. The molecule has 32 heavy (non-hydrogen) atoms. The predicted octanol–water partition coefficient (Wildman–Crippen LogP) is 2.29.